The molecule has 1 aromatic heterocycles. The predicted octanol–water partition coefficient (Wildman–Crippen LogP) is -0.224. The largest absolute Gasteiger partial charge is 0.313 e. The third-order valence-electron chi connectivity index (χ3n) is 2.64. The van der Waals surface area contributed by atoms with E-state index < -0.39 is 10.0 Å². The van der Waals surface area contributed by atoms with Crippen LogP contribution in [0.4, 0.5) is 0 Å². The summed E-state index contributed by atoms with van der Waals surface area (Å²) in [5, 5.41) is 10.5. The van der Waals surface area contributed by atoms with Crippen LogP contribution < -0.4 is 10.0 Å². The molecule has 0 saturated heterocycles. The normalized spacial score (nSPS) is 16.7. The molecule has 0 spiro atoms. The van der Waals surface area contributed by atoms with Gasteiger partial charge in [0.25, 0.3) is 10.0 Å². The Bertz CT molecular complexity index is 546. The molecule has 7 nitrogen and oxygen atoms in total. The van der Waals surface area contributed by atoms with E-state index in [1.807, 2.05) is 6.08 Å². The van der Waals surface area contributed by atoms with Gasteiger partial charge < -0.3 is 5.32 Å². The number of sulfonamides is 1. The second-order valence-corrected chi connectivity index (χ2v) is 6.38. The van der Waals surface area contributed by atoms with E-state index in [0.717, 1.165) is 25.1 Å². The maximum Gasteiger partial charge on any atom is 0.260 e. The highest BCUT2D eigenvalue weighted by molar-refractivity contribution is 9.10. The highest BCUT2D eigenvalue weighted by Gasteiger charge is 2.23. The van der Waals surface area contributed by atoms with Crippen LogP contribution in [-0.4, -0.2) is 43.0 Å². The molecule has 1 aliphatic heterocycles. The van der Waals surface area contributed by atoms with Gasteiger partial charge in [-0.3, -0.25) is 0 Å². The van der Waals surface area contributed by atoms with Crippen molar-refractivity contribution in [1.82, 2.24) is 25.0 Å². The molecule has 0 bridgehead atoms. The van der Waals surface area contributed by atoms with Crippen molar-refractivity contribution in [1.29, 1.82) is 0 Å². The molecule has 0 saturated carbocycles. The monoisotopic (exact) mass is 335 g/mol. The van der Waals surface area contributed by atoms with Gasteiger partial charge in [-0.25, -0.2) is 17.8 Å². The van der Waals surface area contributed by atoms with Crippen molar-refractivity contribution in [3.05, 3.63) is 16.3 Å². The van der Waals surface area contributed by atoms with E-state index in [-0.39, 0.29) is 9.63 Å². The van der Waals surface area contributed by atoms with Crippen LogP contribution in [0, 0.1) is 0 Å². The highest BCUT2D eigenvalue weighted by Crippen LogP contribution is 2.17. The van der Waals surface area contributed by atoms with Crippen molar-refractivity contribution >= 4 is 26.0 Å². The summed E-state index contributed by atoms with van der Waals surface area (Å²) in [5.41, 5.74) is 1.09. The van der Waals surface area contributed by atoms with E-state index in [0.29, 0.717) is 6.54 Å². The first-order valence-electron chi connectivity index (χ1n) is 5.44. The van der Waals surface area contributed by atoms with Gasteiger partial charge in [0.05, 0.1) is 0 Å². The van der Waals surface area contributed by atoms with Crippen LogP contribution in [0.15, 0.2) is 21.3 Å². The molecular weight excluding hydrogens is 322 g/mol. The van der Waals surface area contributed by atoms with Crippen LogP contribution in [0.3, 0.4) is 0 Å². The third-order valence-corrected chi connectivity index (χ3v) is 4.93. The molecule has 0 unspecified atom stereocenters. The molecule has 0 radical (unpaired) electrons. The summed E-state index contributed by atoms with van der Waals surface area (Å²) in [7, 11) is -2.06. The van der Waals surface area contributed by atoms with E-state index in [1.54, 1.807) is 0 Å². The number of nitrogens with zero attached hydrogens (tertiary/aromatic N) is 3. The maximum atomic E-state index is 12.1. The lowest BCUT2D eigenvalue weighted by Crippen LogP contribution is -2.31. The first-order valence-corrected chi connectivity index (χ1v) is 7.72. The molecule has 0 aliphatic carbocycles. The van der Waals surface area contributed by atoms with Crippen LogP contribution in [0.5, 0.6) is 0 Å². The number of aryl methyl sites for hydroxylation is 1. The molecule has 0 amide bonds. The molecule has 2 rings (SSSR count). The number of hydrogen-bond donors (Lipinski definition) is 2. The summed E-state index contributed by atoms with van der Waals surface area (Å²) in [6, 6.07) is 0. The van der Waals surface area contributed by atoms with Gasteiger partial charge in [0.2, 0.25) is 5.03 Å². The van der Waals surface area contributed by atoms with Crippen LogP contribution >= 0.6 is 15.9 Å². The van der Waals surface area contributed by atoms with Crippen LogP contribution in [-0.2, 0) is 17.1 Å². The molecule has 100 valence electrons. The zero-order chi connectivity index (χ0) is 13.2. The van der Waals surface area contributed by atoms with Gasteiger partial charge in [-0.05, 0) is 28.9 Å². The van der Waals surface area contributed by atoms with Crippen molar-refractivity contribution in [2.45, 2.75) is 11.4 Å². The molecule has 2 heterocycles. The number of nitrogens with one attached hydrogen (secondary N) is 2. The number of halogens is 1. The Kier molecular flexibility index (Phi) is 4.15. The van der Waals surface area contributed by atoms with E-state index in [1.165, 1.54) is 11.7 Å². The lowest BCUT2D eigenvalue weighted by Gasteiger charge is -2.14. The van der Waals surface area contributed by atoms with Crippen molar-refractivity contribution in [2.24, 2.45) is 7.05 Å². The van der Waals surface area contributed by atoms with Gasteiger partial charge in [0, 0.05) is 20.1 Å². The molecule has 0 fully saturated rings. The summed E-state index contributed by atoms with van der Waals surface area (Å²) in [6.45, 7) is 1.99. The van der Waals surface area contributed by atoms with Crippen LogP contribution in [0.25, 0.3) is 0 Å². The minimum atomic E-state index is -3.60. The van der Waals surface area contributed by atoms with E-state index in [9.17, 15) is 8.42 Å². The van der Waals surface area contributed by atoms with Gasteiger partial charge in [-0.2, -0.15) is 0 Å². The van der Waals surface area contributed by atoms with Crippen LogP contribution in [0.2, 0.25) is 0 Å². The Balaban J connectivity index is 2.10. The predicted molar refractivity (Wildman–Crippen MR) is 69.5 cm³/mol. The zero-order valence-electron chi connectivity index (χ0n) is 9.85. The molecule has 1 aromatic rings. The Labute approximate surface area is 114 Å². The van der Waals surface area contributed by atoms with E-state index in [2.05, 4.69) is 36.3 Å². The van der Waals surface area contributed by atoms with Gasteiger partial charge >= 0.3 is 0 Å². The Morgan fingerprint density at radius 3 is 2.94 bits per heavy atom. The zero-order valence-corrected chi connectivity index (χ0v) is 12.3. The smallest absolute Gasteiger partial charge is 0.260 e. The minimum Gasteiger partial charge on any atom is -0.313 e. The van der Waals surface area contributed by atoms with Crippen molar-refractivity contribution in [2.75, 3.05) is 19.6 Å². The SMILES string of the molecule is Cn1nnc(Br)c1S(=O)(=O)NCC1=CCNCC1. The molecule has 0 atom stereocenters. The van der Waals surface area contributed by atoms with Gasteiger partial charge in [-0.1, -0.05) is 16.9 Å². The molecule has 9 heteroatoms. The summed E-state index contributed by atoms with van der Waals surface area (Å²) in [6.07, 6.45) is 2.86. The topological polar surface area (TPSA) is 88.9 Å². The molecule has 0 aromatic carbocycles. The summed E-state index contributed by atoms with van der Waals surface area (Å²) < 4.78 is 28.2. The van der Waals surface area contributed by atoms with E-state index >= 15 is 0 Å². The van der Waals surface area contributed by atoms with E-state index in [4.69, 9.17) is 0 Å². The second kappa shape index (κ2) is 5.47. The Hall–Kier alpha value is -0.770. The summed E-state index contributed by atoms with van der Waals surface area (Å²) in [4.78, 5) is 0. The number of hydrogen-bond acceptors (Lipinski definition) is 5. The van der Waals surface area contributed by atoms with Crippen molar-refractivity contribution in [3.63, 3.8) is 0 Å². The number of rotatable bonds is 4. The highest BCUT2D eigenvalue weighted by atomic mass is 79.9. The second-order valence-electron chi connectivity index (χ2n) is 3.95. The summed E-state index contributed by atoms with van der Waals surface area (Å²) in [5.74, 6) is 0. The van der Waals surface area contributed by atoms with Crippen molar-refractivity contribution < 1.29 is 8.42 Å². The lowest BCUT2D eigenvalue weighted by molar-refractivity contribution is 0.561. The van der Waals surface area contributed by atoms with Crippen molar-refractivity contribution in [3.8, 4) is 0 Å². The Morgan fingerprint density at radius 1 is 1.61 bits per heavy atom. The molecule has 1 aliphatic rings. The standard InChI is InChI=1S/C9H14BrN5O2S/c1-15-9(8(10)13-14-15)18(16,17)12-6-7-2-4-11-5-3-7/h2,11-12H,3-6H2,1H3. The fourth-order valence-electron chi connectivity index (χ4n) is 1.69. The van der Waals surface area contributed by atoms with Gasteiger partial charge in [0.1, 0.15) is 0 Å². The minimum absolute atomic E-state index is 0.0389. The van der Waals surface area contributed by atoms with Gasteiger partial charge in [0.15, 0.2) is 4.60 Å². The molecular formula is C9H14BrN5O2S. The first-order chi connectivity index (χ1) is 8.50. The van der Waals surface area contributed by atoms with Crippen LogP contribution in [0.1, 0.15) is 6.42 Å². The summed E-state index contributed by atoms with van der Waals surface area (Å²) >= 11 is 3.08. The maximum absolute atomic E-state index is 12.1. The third kappa shape index (κ3) is 2.97. The molecule has 2 N–H and O–H groups in total. The molecule has 18 heavy (non-hydrogen) atoms. The average molecular weight is 336 g/mol. The fourth-order valence-corrected chi connectivity index (χ4v) is 3.82. The first kappa shape index (κ1) is 13.7. The average Bonchev–Trinajstić information content (AvgIpc) is 2.69. The fraction of sp³-hybridized carbons (Fsp3) is 0.556. The lowest BCUT2D eigenvalue weighted by atomic mass is 10.1. The number of aromatic nitrogens is 3. The Morgan fingerprint density at radius 2 is 2.39 bits per heavy atom. The van der Waals surface area contributed by atoms with Gasteiger partial charge in [-0.15, -0.1) is 5.10 Å². The quantitative estimate of drug-likeness (QED) is 0.742.